The molecule has 2 aromatic carbocycles. The number of hydrogen-bond acceptors (Lipinski definition) is 1. The first-order valence-electron chi connectivity index (χ1n) is 8.28. The van der Waals surface area contributed by atoms with E-state index in [1.54, 1.807) is 0 Å². The molecule has 0 saturated carbocycles. The van der Waals surface area contributed by atoms with Crippen LogP contribution in [-0.4, -0.2) is 17.3 Å². The van der Waals surface area contributed by atoms with E-state index in [0.29, 0.717) is 23.3 Å². The number of aryl methyl sites for hydroxylation is 2. The van der Waals surface area contributed by atoms with Gasteiger partial charge in [0, 0.05) is 10.6 Å². The quantitative estimate of drug-likeness (QED) is 0.491. The van der Waals surface area contributed by atoms with E-state index in [-0.39, 0.29) is 22.7 Å². The fourth-order valence-corrected chi connectivity index (χ4v) is 3.00. The summed E-state index contributed by atoms with van der Waals surface area (Å²) in [6, 6.07) is 3.57. The van der Waals surface area contributed by atoms with Crippen molar-refractivity contribution in [1.29, 1.82) is 0 Å². The molecule has 1 unspecified atom stereocenters. The number of carbonyl (C=O) groups is 1. The Balaban J connectivity index is 2.62. The summed E-state index contributed by atoms with van der Waals surface area (Å²) < 4.78 is 94.6. The van der Waals surface area contributed by atoms with Gasteiger partial charge in [0.25, 0.3) is 0 Å². The van der Waals surface area contributed by atoms with Crippen molar-refractivity contribution in [1.82, 2.24) is 0 Å². The summed E-state index contributed by atoms with van der Waals surface area (Å²) in [5.41, 5.74) is -3.34. The van der Waals surface area contributed by atoms with Gasteiger partial charge in [0.2, 0.25) is 0 Å². The van der Waals surface area contributed by atoms with Crippen LogP contribution in [0.5, 0.6) is 0 Å². The maximum atomic E-state index is 14.6. The van der Waals surface area contributed by atoms with Crippen molar-refractivity contribution >= 4 is 23.4 Å². The summed E-state index contributed by atoms with van der Waals surface area (Å²) in [4.78, 5) is 11.0. The van der Waals surface area contributed by atoms with Crippen LogP contribution in [0.3, 0.4) is 0 Å². The number of benzene rings is 2. The number of carboxylic acids is 1. The molecule has 0 aliphatic rings. The normalized spacial score (nSPS) is 14.0. The van der Waals surface area contributed by atoms with Crippen LogP contribution < -0.4 is 0 Å². The van der Waals surface area contributed by atoms with Crippen molar-refractivity contribution in [2.45, 2.75) is 32.1 Å². The van der Waals surface area contributed by atoms with Gasteiger partial charge in [-0.25, -0.2) is 9.18 Å². The van der Waals surface area contributed by atoms with Crippen LogP contribution >= 0.6 is 11.6 Å². The molecule has 2 aromatic rings. The Labute approximate surface area is 171 Å². The minimum atomic E-state index is -5.14. The second-order valence-corrected chi connectivity index (χ2v) is 6.94. The first kappa shape index (κ1) is 23.7. The Morgan fingerprint density at radius 1 is 1.03 bits per heavy atom. The van der Waals surface area contributed by atoms with Gasteiger partial charge in [0.05, 0.1) is 11.1 Å². The zero-order valence-electron chi connectivity index (χ0n) is 15.4. The molecule has 0 bridgehead atoms. The molecule has 0 radical (unpaired) electrons. The molecule has 0 fully saturated rings. The molecule has 10 heteroatoms. The molecule has 0 aliphatic heterocycles. The lowest BCUT2D eigenvalue weighted by Gasteiger charge is -2.20. The predicted molar refractivity (Wildman–Crippen MR) is 97.2 cm³/mol. The fraction of sp³-hybridized carbons (Fsp3) is 0.250. The van der Waals surface area contributed by atoms with Gasteiger partial charge in [0.15, 0.2) is 0 Å². The van der Waals surface area contributed by atoms with Gasteiger partial charge in [-0.2, -0.15) is 26.3 Å². The molecule has 0 saturated heterocycles. The summed E-state index contributed by atoms with van der Waals surface area (Å²) in [6.07, 6.45) is -9.94. The van der Waals surface area contributed by atoms with E-state index in [9.17, 15) is 35.5 Å². The lowest BCUT2D eigenvalue weighted by atomic mass is 9.93. The zero-order valence-corrected chi connectivity index (χ0v) is 16.2. The van der Waals surface area contributed by atoms with E-state index in [4.69, 9.17) is 16.7 Å². The molecule has 1 N–H and O–H groups in total. The van der Waals surface area contributed by atoms with Crippen LogP contribution in [0.25, 0.3) is 5.83 Å². The van der Waals surface area contributed by atoms with Crippen LogP contribution in [0.15, 0.2) is 36.4 Å². The SMILES string of the molecule is Cc1cc(C(/C=C(\F)c2ccc(C(=O)O)c(C(F)(F)F)c2)C(F)(F)F)cc(C)c1Cl. The summed E-state index contributed by atoms with van der Waals surface area (Å²) in [7, 11) is 0. The molecule has 1 atom stereocenters. The second kappa shape index (κ2) is 8.29. The van der Waals surface area contributed by atoms with Crippen molar-refractivity contribution in [3.63, 3.8) is 0 Å². The highest BCUT2D eigenvalue weighted by Crippen LogP contribution is 2.41. The van der Waals surface area contributed by atoms with E-state index in [2.05, 4.69) is 0 Å². The van der Waals surface area contributed by atoms with E-state index in [1.807, 2.05) is 0 Å². The molecule has 0 spiro atoms. The van der Waals surface area contributed by atoms with Gasteiger partial charge in [-0.1, -0.05) is 29.8 Å². The van der Waals surface area contributed by atoms with Crippen LogP contribution in [0.4, 0.5) is 30.7 Å². The van der Waals surface area contributed by atoms with E-state index < -0.39 is 46.8 Å². The standard InChI is InChI=1S/C20H14ClF7O2/c1-9-5-12(6-10(2)17(9)21)14(19(23,24)25)8-16(22)11-3-4-13(18(29)30)15(7-11)20(26,27)28/h3-8,14H,1-2H3,(H,29,30)/b16-8-. The average Bonchev–Trinajstić information content (AvgIpc) is 2.61. The van der Waals surface area contributed by atoms with Crippen LogP contribution in [-0.2, 0) is 6.18 Å². The molecule has 0 aromatic heterocycles. The zero-order chi connectivity index (χ0) is 23.0. The second-order valence-electron chi connectivity index (χ2n) is 6.57. The minimum Gasteiger partial charge on any atom is -0.478 e. The highest BCUT2D eigenvalue weighted by atomic mass is 35.5. The smallest absolute Gasteiger partial charge is 0.417 e. The number of alkyl halides is 6. The summed E-state index contributed by atoms with van der Waals surface area (Å²) in [5, 5.41) is 9.10. The highest BCUT2D eigenvalue weighted by molar-refractivity contribution is 6.32. The Bertz CT molecular complexity index is 984. The minimum absolute atomic E-state index is 0.151. The van der Waals surface area contributed by atoms with Crippen molar-refractivity contribution in [3.05, 3.63) is 74.8 Å². The monoisotopic (exact) mass is 454 g/mol. The van der Waals surface area contributed by atoms with Crippen LogP contribution in [0, 0.1) is 13.8 Å². The van der Waals surface area contributed by atoms with Crippen LogP contribution in [0.2, 0.25) is 5.02 Å². The summed E-state index contributed by atoms with van der Waals surface area (Å²) >= 11 is 5.95. The van der Waals surface area contributed by atoms with Gasteiger partial charge in [-0.15, -0.1) is 0 Å². The number of aromatic carboxylic acids is 1. The van der Waals surface area contributed by atoms with Gasteiger partial charge in [0.1, 0.15) is 11.7 Å². The molecule has 2 rings (SSSR count). The summed E-state index contributed by atoms with van der Waals surface area (Å²) in [6.45, 7) is 2.93. The molecule has 0 amide bonds. The average molecular weight is 455 g/mol. The van der Waals surface area contributed by atoms with Gasteiger partial charge in [-0.3, -0.25) is 0 Å². The lowest BCUT2D eigenvalue weighted by Crippen LogP contribution is -2.19. The Morgan fingerprint density at radius 3 is 2.00 bits per heavy atom. The predicted octanol–water partition coefficient (Wildman–Crippen LogP) is 7.33. The van der Waals surface area contributed by atoms with Crippen molar-refractivity contribution in [2.24, 2.45) is 0 Å². The Kier molecular flexibility index (Phi) is 6.56. The Hall–Kier alpha value is -2.55. The van der Waals surface area contributed by atoms with Crippen molar-refractivity contribution in [2.75, 3.05) is 0 Å². The topological polar surface area (TPSA) is 37.3 Å². The van der Waals surface area contributed by atoms with Gasteiger partial charge < -0.3 is 5.11 Å². The third-order valence-corrected chi connectivity index (χ3v) is 4.91. The number of halogens is 8. The molecular formula is C20H14ClF7O2. The highest BCUT2D eigenvalue weighted by Gasteiger charge is 2.40. The van der Waals surface area contributed by atoms with Gasteiger partial charge in [-0.05, 0) is 48.7 Å². The number of carboxylic acid groups (broad SMARTS) is 1. The molecule has 30 heavy (non-hydrogen) atoms. The molecule has 2 nitrogen and oxygen atoms in total. The number of allylic oxidation sites excluding steroid dienone is 1. The first-order valence-corrected chi connectivity index (χ1v) is 8.66. The molecular weight excluding hydrogens is 441 g/mol. The number of hydrogen-bond donors (Lipinski definition) is 1. The van der Waals surface area contributed by atoms with Crippen molar-refractivity contribution < 1.29 is 40.6 Å². The molecule has 162 valence electrons. The Morgan fingerprint density at radius 2 is 1.57 bits per heavy atom. The fourth-order valence-electron chi connectivity index (χ4n) is 2.90. The van der Waals surface area contributed by atoms with E-state index in [1.165, 1.54) is 13.8 Å². The first-order chi connectivity index (χ1) is 13.6. The molecule has 0 heterocycles. The van der Waals surface area contributed by atoms with Gasteiger partial charge >= 0.3 is 18.3 Å². The largest absolute Gasteiger partial charge is 0.478 e. The summed E-state index contributed by atoms with van der Waals surface area (Å²) in [5.74, 6) is -5.94. The van der Waals surface area contributed by atoms with Crippen molar-refractivity contribution in [3.8, 4) is 0 Å². The maximum absolute atomic E-state index is 14.6. The number of rotatable bonds is 4. The third kappa shape index (κ3) is 5.13. The lowest BCUT2D eigenvalue weighted by molar-refractivity contribution is -0.140. The molecule has 0 aliphatic carbocycles. The van der Waals surface area contributed by atoms with Crippen LogP contribution in [0.1, 0.15) is 44.1 Å². The van der Waals surface area contributed by atoms with E-state index >= 15 is 0 Å². The third-order valence-electron chi connectivity index (χ3n) is 4.31. The van der Waals surface area contributed by atoms with E-state index in [0.717, 1.165) is 12.1 Å². The maximum Gasteiger partial charge on any atom is 0.417 e.